The number of rotatable bonds is 7. The number of nitrogens with one attached hydrogen (secondary N) is 4. The Labute approximate surface area is 187 Å². The zero-order valence-corrected chi connectivity index (χ0v) is 19.2. The standard InChI is InChI=1S/C18H27N5O5S.ClH/c1-6-27-17(25)22-16(29)21-14-9-12(19-18(26)28-11(2)3)7-8-13(14)20-15(24)10-23(4)5;/h7-9,11H,6,10H2,1-5H3,(H,19,26)(H,20,24)(H2,21,22,25,29);1H. The third-order valence-corrected chi connectivity index (χ3v) is 3.29. The van der Waals surface area contributed by atoms with E-state index in [9.17, 15) is 14.4 Å². The van der Waals surface area contributed by atoms with Gasteiger partial charge in [0.25, 0.3) is 0 Å². The normalized spacial score (nSPS) is 9.97. The van der Waals surface area contributed by atoms with E-state index in [0.717, 1.165) is 0 Å². The van der Waals surface area contributed by atoms with Crippen LogP contribution in [0.3, 0.4) is 0 Å². The number of alkyl carbamates (subject to hydrolysis) is 1. The van der Waals surface area contributed by atoms with Crippen LogP contribution in [0.1, 0.15) is 20.8 Å². The summed E-state index contributed by atoms with van der Waals surface area (Å²) in [5.74, 6) is -0.248. The van der Waals surface area contributed by atoms with Gasteiger partial charge in [-0.1, -0.05) is 0 Å². The fourth-order valence-electron chi connectivity index (χ4n) is 2.09. The summed E-state index contributed by atoms with van der Waals surface area (Å²) in [5.41, 5.74) is 1.18. The Morgan fingerprint density at radius 2 is 1.73 bits per heavy atom. The molecule has 3 amide bonds. The molecule has 0 aromatic heterocycles. The minimum Gasteiger partial charge on any atom is -0.450 e. The third kappa shape index (κ3) is 10.8. The topological polar surface area (TPSA) is 121 Å². The molecular weight excluding hydrogens is 434 g/mol. The summed E-state index contributed by atoms with van der Waals surface area (Å²) in [6.45, 7) is 5.49. The molecule has 0 saturated carbocycles. The van der Waals surface area contributed by atoms with Gasteiger partial charge in [0, 0.05) is 5.69 Å². The third-order valence-electron chi connectivity index (χ3n) is 3.08. The van der Waals surface area contributed by atoms with E-state index >= 15 is 0 Å². The number of carbonyl (C=O) groups excluding carboxylic acids is 3. The van der Waals surface area contributed by atoms with Crippen LogP contribution in [0.25, 0.3) is 0 Å². The van der Waals surface area contributed by atoms with Crippen molar-refractivity contribution < 1.29 is 23.9 Å². The average molecular weight is 462 g/mol. The number of hydrogen-bond acceptors (Lipinski definition) is 7. The number of anilines is 3. The van der Waals surface area contributed by atoms with Gasteiger partial charge in [-0.3, -0.25) is 15.4 Å². The lowest BCUT2D eigenvalue weighted by molar-refractivity contribution is -0.116. The van der Waals surface area contributed by atoms with Crippen molar-refractivity contribution >= 4 is 64.9 Å². The maximum Gasteiger partial charge on any atom is 0.413 e. The van der Waals surface area contributed by atoms with Gasteiger partial charge in [-0.25, -0.2) is 9.59 Å². The Morgan fingerprint density at radius 3 is 2.30 bits per heavy atom. The Bertz CT molecular complexity index is 760. The molecule has 0 saturated heterocycles. The smallest absolute Gasteiger partial charge is 0.413 e. The van der Waals surface area contributed by atoms with Gasteiger partial charge >= 0.3 is 12.2 Å². The van der Waals surface area contributed by atoms with Crippen LogP contribution in [0, 0.1) is 0 Å². The first kappa shape index (κ1) is 27.4. The lowest BCUT2D eigenvalue weighted by Gasteiger charge is -2.17. The lowest BCUT2D eigenvalue weighted by atomic mass is 10.2. The first-order chi connectivity index (χ1) is 13.6. The summed E-state index contributed by atoms with van der Waals surface area (Å²) >= 11 is 5.10. The van der Waals surface area contributed by atoms with Crippen LogP contribution in [0.5, 0.6) is 0 Å². The Hall–Kier alpha value is -2.63. The van der Waals surface area contributed by atoms with Crippen molar-refractivity contribution in [1.29, 1.82) is 0 Å². The van der Waals surface area contributed by atoms with Crippen molar-refractivity contribution in [2.45, 2.75) is 26.9 Å². The number of halogens is 1. The number of benzene rings is 1. The highest BCUT2D eigenvalue weighted by Crippen LogP contribution is 2.26. The fraction of sp³-hybridized carbons (Fsp3) is 0.444. The van der Waals surface area contributed by atoms with E-state index in [1.54, 1.807) is 58.0 Å². The monoisotopic (exact) mass is 461 g/mol. The van der Waals surface area contributed by atoms with E-state index < -0.39 is 12.2 Å². The number of ether oxygens (including phenoxy) is 2. The first-order valence-electron chi connectivity index (χ1n) is 8.91. The van der Waals surface area contributed by atoms with Gasteiger partial charge in [0.2, 0.25) is 5.91 Å². The van der Waals surface area contributed by atoms with E-state index in [2.05, 4.69) is 21.3 Å². The first-order valence-corrected chi connectivity index (χ1v) is 9.32. The largest absolute Gasteiger partial charge is 0.450 e. The molecule has 0 radical (unpaired) electrons. The van der Waals surface area contributed by atoms with Crippen molar-refractivity contribution in [1.82, 2.24) is 10.2 Å². The number of carbonyl (C=O) groups is 3. The molecule has 30 heavy (non-hydrogen) atoms. The van der Waals surface area contributed by atoms with Crippen LogP contribution in [-0.2, 0) is 14.3 Å². The number of likely N-dealkylation sites (N-methyl/N-ethyl adjacent to an activating group) is 1. The maximum absolute atomic E-state index is 12.1. The second-order valence-electron chi connectivity index (χ2n) is 6.42. The van der Waals surface area contributed by atoms with Gasteiger partial charge in [-0.15, -0.1) is 12.4 Å². The molecule has 0 spiro atoms. The van der Waals surface area contributed by atoms with Gasteiger partial charge < -0.3 is 25.0 Å². The summed E-state index contributed by atoms with van der Waals surface area (Å²) in [7, 11) is 3.54. The fourth-order valence-corrected chi connectivity index (χ4v) is 2.28. The quantitative estimate of drug-likeness (QED) is 0.457. The summed E-state index contributed by atoms with van der Waals surface area (Å²) in [5, 5.41) is 10.5. The molecule has 0 heterocycles. The van der Waals surface area contributed by atoms with Crippen LogP contribution in [0.2, 0.25) is 0 Å². The predicted molar refractivity (Wildman–Crippen MR) is 122 cm³/mol. The predicted octanol–water partition coefficient (Wildman–Crippen LogP) is 3.01. The van der Waals surface area contributed by atoms with Crippen molar-refractivity contribution in [3.8, 4) is 0 Å². The minimum atomic E-state index is -0.710. The van der Waals surface area contributed by atoms with E-state index in [1.807, 2.05) is 0 Å². The number of hydrogen-bond donors (Lipinski definition) is 4. The van der Waals surface area contributed by atoms with Crippen LogP contribution in [0.15, 0.2) is 18.2 Å². The summed E-state index contributed by atoms with van der Waals surface area (Å²) in [6, 6.07) is 4.74. The van der Waals surface area contributed by atoms with Crippen molar-refractivity contribution in [3.05, 3.63) is 18.2 Å². The van der Waals surface area contributed by atoms with Gasteiger partial charge in [-0.05, 0) is 65.3 Å². The van der Waals surface area contributed by atoms with Gasteiger partial charge in [-0.2, -0.15) is 0 Å². The molecule has 12 heteroatoms. The minimum absolute atomic E-state index is 0. The van der Waals surface area contributed by atoms with Gasteiger partial charge in [0.05, 0.1) is 30.6 Å². The van der Waals surface area contributed by atoms with Gasteiger partial charge in [0.15, 0.2) is 5.11 Å². The molecule has 0 aliphatic heterocycles. The second kappa shape index (κ2) is 13.6. The van der Waals surface area contributed by atoms with Crippen molar-refractivity contribution in [2.75, 3.05) is 43.2 Å². The molecule has 168 valence electrons. The molecular formula is C18H28ClN5O5S. The highest BCUT2D eigenvalue weighted by Gasteiger charge is 2.13. The summed E-state index contributed by atoms with van der Waals surface area (Å²) in [4.78, 5) is 37.2. The molecule has 0 fully saturated rings. The maximum atomic E-state index is 12.1. The van der Waals surface area contributed by atoms with E-state index in [1.165, 1.54) is 0 Å². The molecule has 1 rings (SSSR count). The zero-order valence-electron chi connectivity index (χ0n) is 17.5. The molecule has 1 aromatic rings. The Morgan fingerprint density at radius 1 is 1.07 bits per heavy atom. The van der Waals surface area contributed by atoms with E-state index in [-0.39, 0.29) is 42.7 Å². The molecule has 10 nitrogen and oxygen atoms in total. The molecule has 0 atom stereocenters. The van der Waals surface area contributed by atoms with Crippen LogP contribution >= 0.6 is 24.6 Å². The molecule has 4 N–H and O–H groups in total. The summed E-state index contributed by atoms with van der Waals surface area (Å²) < 4.78 is 9.82. The second-order valence-corrected chi connectivity index (χ2v) is 6.83. The van der Waals surface area contributed by atoms with E-state index in [4.69, 9.17) is 21.7 Å². The molecule has 1 aromatic carbocycles. The van der Waals surface area contributed by atoms with Gasteiger partial charge in [0.1, 0.15) is 0 Å². The number of thiocarbonyl (C=S) groups is 1. The lowest BCUT2D eigenvalue weighted by Crippen LogP contribution is -2.35. The number of amides is 3. The van der Waals surface area contributed by atoms with Crippen LogP contribution in [0.4, 0.5) is 26.7 Å². The SMILES string of the molecule is CCOC(=O)NC(=S)Nc1cc(NC(=O)OC(C)C)ccc1NC(=O)CN(C)C.Cl. The van der Waals surface area contributed by atoms with Crippen molar-refractivity contribution in [3.63, 3.8) is 0 Å². The average Bonchev–Trinajstić information content (AvgIpc) is 2.55. The number of nitrogens with zero attached hydrogens (tertiary/aromatic N) is 1. The molecule has 0 aliphatic rings. The van der Waals surface area contributed by atoms with Crippen molar-refractivity contribution in [2.24, 2.45) is 0 Å². The highest BCUT2D eigenvalue weighted by atomic mass is 35.5. The Kier molecular flexibility index (Phi) is 12.4. The summed E-state index contributed by atoms with van der Waals surface area (Å²) in [6.07, 6.45) is -1.61. The van der Waals surface area contributed by atoms with Crippen LogP contribution in [-0.4, -0.2) is 61.5 Å². The van der Waals surface area contributed by atoms with Crippen LogP contribution < -0.4 is 21.3 Å². The zero-order chi connectivity index (χ0) is 22.0. The molecule has 0 bridgehead atoms. The molecule has 0 aliphatic carbocycles. The highest BCUT2D eigenvalue weighted by molar-refractivity contribution is 7.80. The molecule has 0 unspecified atom stereocenters. The van der Waals surface area contributed by atoms with E-state index in [0.29, 0.717) is 17.1 Å². The Balaban J connectivity index is 0.00000841.